The Morgan fingerprint density at radius 2 is 2.11 bits per heavy atom. The van der Waals surface area contributed by atoms with Gasteiger partial charge in [-0.1, -0.05) is 23.9 Å². The molecule has 3 aromatic rings. The highest BCUT2D eigenvalue weighted by Gasteiger charge is 2.34. The molecule has 2 atom stereocenters. The number of nitro benzene ring substituents is 1. The summed E-state index contributed by atoms with van der Waals surface area (Å²) < 4.78 is 12.6. The number of esters is 1. The fraction of sp³-hybridized carbons (Fsp3) is 0.263. The van der Waals surface area contributed by atoms with Crippen LogP contribution in [0.4, 0.5) is 5.69 Å². The van der Waals surface area contributed by atoms with Crippen LogP contribution in [0.15, 0.2) is 47.6 Å². The number of cyclic esters (lactones) is 1. The highest BCUT2D eigenvalue weighted by atomic mass is 32.2. The van der Waals surface area contributed by atoms with E-state index in [4.69, 9.17) is 9.47 Å². The number of carbonyl (C=O) groups excluding carboxylic acids is 1. The van der Waals surface area contributed by atoms with Gasteiger partial charge in [-0.15, -0.1) is 0 Å². The zero-order valence-corrected chi connectivity index (χ0v) is 16.0. The predicted octanol–water partition coefficient (Wildman–Crippen LogP) is 3.74. The van der Waals surface area contributed by atoms with Crippen LogP contribution in [0.1, 0.15) is 13.3 Å². The molecule has 0 aliphatic carbocycles. The molecule has 2 unspecified atom stereocenters. The van der Waals surface area contributed by atoms with Crippen LogP contribution in [0.25, 0.3) is 16.7 Å². The SMILES string of the molecule is COc1ccccc1-n1c(SC2CC(C)OC2=O)nc2cc([N+](=O)[O-])ccc21. The topological polar surface area (TPSA) is 96.5 Å². The van der Waals surface area contributed by atoms with E-state index in [1.807, 2.05) is 35.8 Å². The fourth-order valence-corrected chi connectivity index (χ4v) is 4.46. The lowest BCUT2D eigenvalue weighted by Crippen LogP contribution is -2.11. The first-order chi connectivity index (χ1) is 13.5. The standard InChI is InChI=1S/C19H17N3O5S/c1-11-9-17(18(23)27-11)28-19-20-13-10-12(22(24)25)7-8-14(13)21(19)15-5-3-4-6-16(15)26-2/h3-8,10-11,17H,9H2,1-2H3. The third-order valence-corrected chi connectivity index (χ3v) is 5.67. The van der Waals surface area contributed by atoms with Crippen molar-refractivity contribution in [1.82, 2.24) is 9.55 Å². The summed E-state index contributed by atoms with van der Waals surface area (Å²) in [4.78, 5) is 27.4. The summed E-state index contributed by atoms with van der Waals surface area (Å²) in [6.45, 7) is 1.85. The van der Waals surface area contributed by atoms with Crippen molar-refractivity contribution >= 4 is 34.5 Å². The number of non-ortho nitro benzene ring substituents is 1. The molecule has 4 rings (SSSR count). The number of aromatic nitrogens is 2. The Balaban J connectivity index is 1.89. The van der Waals surface area contributed by atoms with Crippen molar-refractivity contribution in [2.75, 3.05) is 7.11 Å². The van der Waals surface area contributed by atoms with Crippen LogP contribution < -0.4 is 4.74 Å². The van der Waals surface area contributed by atoms with Crippen LogP contribution in [-0.2, 0) is 9.53 Å². The molecule has 0 amide bonds. The second-order valence-electron chi connectivity index (χ2n) is 6.42. The minimum absolute atomic E-state index is 0.0392. The number of fused-ring (bicyclic) bond motifs is 1. The number of carbonyl (C=O) groups is 1. The van der Waals surface area contributed by atoms with Gasteiger partial charge >= 0.3 is 5.97 Å². The van der Waals surface area contributed by atoms with Gasteiger partial charge < -0.3 is 9.47 Å². The molecule has 1 fully saturated rings. The molecular formula is C19H17N3O5S. The number of methoxy groups -OCH3 is 1. The average Bonchev–Trinajstić information content (AvgIpc) is 3.19. The summed E-state index contributed by atoms with van der Waals surface area (Å²) >= 11 is 1.30. The van der Waals surface area contributed by atoms with E-state index in [1.165, 1.54) is 23.9 Å². The summed E-state index contributed by atoms with van der Waals surface area (Å²) in [5.74, 6) is 0.353. The molecule has 0 radical (unpaired) electrons. The van der Waals surface area contributed by atoms with Crippen molar-refractivity contribution in [1.29, 1.82) is 0 Å². The molecule has 144 valence electrons. The van der Waals surface area contributed by atoms with Crippen LogP contribution in [0.3, 0.4) is 0 Å². The third kappa shape index (κ3) is 3.18. The maximum absolute atomic E-state index is 12.1. The number of imidazole rings is 1. The van der Waals surface area contributed by atoms with Crippen molar-refractivity contribution in [3.05, 3.63) is 52.6 Å². The Labute approximate surface area is 164 Å². The van der Waals surface area contributed by atoms with E-state index >= 15 is 0 Å². The number of thioether (sulfide) groups is 1. The van der Waals surface area contributed by atoms with Gasteiger partial charge in [-0.2, -0.15) is 0 Å². The molecule has 1 saturated heterocycles. The number of hydrogen-bond donors (Lipinski definition) is 0. The summed E-state index contributed by atoms with van der Waals surface area (Å²) in [5.41, 5.74) is 1.87. The molecule has 2 heterocycles. The molecular weight excluding hydrogens is 382 g/mol. The number of nitrogens with zero attached hydrogens (tertiary/aromatic N) is 3. The van der Waals surface area contributed by atoms with Gasteiger partial charge in [-0.05, 0) is 25.1 Å². The maximum Gasteiger partial charge on any atom is 0.319 e. The molecule has 2 aromatic carbocycles. The Hall–Kier alpha value is -3.07. The second-order valence-corrected chi connectivity index (χ2v) is 7.59. The van der Waals surface area contributed by atoms with Gasteiger partial charge in [0.15, 0.2) is 5.16 Å². The van der Waals surface area contributed by atoms with E-state index in [-0.39, 0.29) is 23.0 Å². The number of ether oxygens (including phenoxy) is 2. The van der Waals surface area contributed by atoms with E-state index in [0.717, 1.165) is 5.69 Å². The Morgan fingerprint density at radius 1 is 1.32 bits per heavy atom. The number of nitro groups is 1. The third-order valence-electron chi connectivity index (χ3n) is 4.52. The molecule has 9 heteroatoms. The smallest absolute Gasteiger partial charge is 0.319 e. The monoisotopic (exact) mass is 399 g/mol. The van der Waals surface area contributed by atoms with Crippen LogP contribution in [-0.4, -0.2) is 38.9 Å². The van der Waals surface area contributed by atoms with Crippen LogP contribution in [0.5, 0.6) is 5.75 Å². The number of rotatable bonds is 5. The molecule has 8 nitrogen and oxygen atoms in total. The largest absolute Gasteiger partial charge is 0.495 e. The summed E-state index contributed by atoms with van der Waals surface area (Å²) in [6.07, 6.45) is 0.439. The first-order valence-electron chi connectivity index (χ1n) is 8.65. The Kier molecular flexibility index (Phi) is 4.68. The first-order valence-corrected chi connectivity index (χ1v) is 9.53. The van der Waals surface area contributed by atoms with Gasteiger partial charge in [0.05, 0.1) is 28.8 Å². The summed E-state index contributed by atoms with van der Waals surface area (Å²) in [5, 5.41) is 11.3. The zero-order chi connectivity index (χ0) is 19.8. The normalized spacial score (nSPS) is 19.0. The number of hydrogen-bond acceptors (Lipinski definition) is 7. The maximum atomic E-state index is 12.1. The molecule has 0 bridgehead atoms. The lowest BCUT2D eigenvalue weighted by atomic mass is 10.2. The van der Waals surface area contributed by atoms with Crippen molar-refractivity contribution in [2.45, 2.75) is 29.9 Å². The first kappa shape index (κ1) is 18.3. The highest BCUT2D eigenvalue weighted by Crippen LogP contribution is 2.38. The highest BCUT2D eigenvalue weighted by molar-refractivity contribution is 8.00. The van der Waals surface area contributed by atoms with Crippen molar-refractivity contribution < 1.29 is 19.2 Å². The van der Waals surface area contributed by atoms with Gasteiger partial charge in [-0.25, -0.2) is 4.98 Å². The van der Waals surface area contributed by atoms with E-state index < -0.39 is 4.92 Å². The van der Waals surface area contributed by atoms with Gasteiger partial charge in [0.25, 0.3) is 5.69 Å². The Morgan fingerprint density at radius 3 is 2.79 bits per heavy atom. The minimum Gasteiger partial charge on any atom is -0.495 e. The minimum atomic E-state index is -0.454. The fourth-order valence-electron chi connectivity index (χ4n) is 3.23. The summed E-state index contributed by atoms with van der Waals surface area (Å²) in [7, 11) is 1.58. The van der Waals surface area contributed by atoms with Crippen molar-refractivity contribution in [3.8, 4) is 11.4 Å². The van der Waals surface area contributed by atoms with Gasteiger partial charge in [0, 0.05) is 18.6 Å². The van der Waals surface area contributed by atoms with Crippen LogP contribution >= 0.6 is 11.8 Å². The molecule has 1 aliphatic rings. The van der Waals surface area contributed by atoms with Gasteiger partial charge in [0.1, 0.15) is 17.1 Å². The molecule has 0 N–H and O–H groups in total. The molecule has 28 heavy (non-hydrogen) atoms. The molecule has 0 spiro atoms. The summed E-state index contributed by atoms with van der Waals surface area (Å²) in [6, 6.07) is 12.0. The quantitative estimate of drug-likeness (QED) is 0.366. The average molecular weight is 399 g/mol. The number of benzene rings is 2. The van der Waals surface area contributed by atoms with Crippen molar-refractivity contribution in [3.63, 3.8) is 0 Å². The van der Waals surface area contributed by atoms with Crippen LogP contribution in [0.2, 0.25) is 0 Å². The molecule has 1 aliphatic heterocycles. The van der Waals surface area contributed by atoms with Gasteiger partial charge in [-0.3, -0.25) is 19.5 Å². The van der Waals surface area contributed by atoms with Crippen molar-refractivity contribution in [2.24, 2.45) is 0 Å². The van der Waals surface area contributed by atoms with E-state index in [0.29, 0.717) is 28.4 Å². The predicted molar refractivity (Wildman–Crippen MR) is 104 cm³/mol. The van der Waals surface area contributed by atoms with E-state index in [1.54, 1.807) is 13.2 Å². The van der Waals surface area contributed by atoms with E-state index in [9.17, 15) is 14.9 Å². The molecule has 1 aromatic heterocycles. The van der Waals surface area contributed by atoms with Gasteiger partial charge in [0.2, 0.25) is 0 Å². The second kappa shape index (κ2) is 7.16. The lowest BCUT2D eigenvalue weighted by molar-refractivity contribution is -0.384. The molecule has 0 saturated carbocycles. The number of para-hydroxylation sites is 2. The van der Waals surface area contributed by atoms with E-state index in [2.05, 4.69) is 4.98 Å². The Bertz CT molecular complexity index is 1080. The lowest BCUT2D eigenvalue weighted by Gasteiger charge is -2.13. The zero-order valence-electron chi connectivity index (χ0n) is 15.2. The van der Waals surface area contributed by atoms with Crippen LogP contribution in [0, 0.1) is 10.1 Å².